The number of nitriles is 1. The molecular weight excluding hydrogens is 464 g/mol. The van der Waals surface area contributed by atoms with Crippen LogP contribution in [0.2, 0.25) is 0 Å². The number of hydrogen-bond donors (Lipinski definition) is 0. The molecule has 1 aromatic carbocycles. The van der Waals surface area contributed by atoms with Gasteiger partial charge in [-0.3, -0.25) is 4.79 Å². The molecule has 1 amide bonds. The zero-order chi connectivity index (χ0) is 24.4. The molecule has 0 bridgehead atoms. The second-order valence-corrected chi connectivity index (χ2v) is 9.31. The van der Waals surface area contributed by atoms with E-state index in [9.17, 15) is 10.1 Å². The summed E-state index contributed by atoms with van der Waals surface area (Å²) in [6.07, 6.45) is 0. The van der Waals surface area contributed by atoms with Gasteiger partial charge in [-0.05, 0) is 54.6 Å². The van der Waals surface area contributed by atoms with Crippen molar-refractivity contribution in [3.8, 4) is 23.5 Å². The number of hydrogen-bond acceptors (Lipinski definition) is 8. The number of nitrogens with zero attached hydrogens (tertiary/aromatic N) is 4. The van der Waals surface area contributed by atoms with Gasteiger partial charge in [0.15, 0.2) is 5.76 Å². The maximum absolute atomic E-state index is 12.6. The number of ether oxygens (including phenoxy) is 1. The minimum absolute atomic E-state index is 0.0320. The predicted octanol–water partition coefficient (Wildman–Crippen LogP) is 5.03. The Morgan fingerprint density at radius 1 is 1.14 bits per heavy atom. The highest BCUT2D eigenvalue weighted by Crippen LogP contribution is 2.31. The van der Waals surface area contributed by atoms with Crippen molar-refractivity contribution in [3.63, 3.8) is 0 Å². The van der Waals surface area contributed by atoms with Crippen molar-refractivity contribution >= 4 is 23.1 Å². The van der Waals surface area contributed by atoms with Gasteiger partial charge in [0, 0.05) is 26.2 Å². The third-order valence-electron chi connectivity index (χ3n) is 5.89. The molecule has 5 rings (SSSR count). The number of aromatic nitrogens is 1. The molecular formula is C26H24N4O4S. The SMILES string of the molecule is Cc1ccc(C)c(OCc2ccc(-c3nc(C#N)c(N4CCN(C(=O)c5cccs5)CC4)o3)o2)c1. The predicted molar refractivity (Wildman–Crippen MR) is 132 cm³/mol. The fourth-order valence-electron chi connectivity index (χ4n) is 3.96. The van der Waals surface area contributed by atoms with E-state index in [2.05, 4.69) is 11.1 Å². The standard InChI is InChI=1S/C26H24N4O4S/c1-17-5-6-18(2)22(14-17)32-16-19-7-8-21(33-19)24-28-20(15-27)26(34-24)30-11-9-29(10-12-30)25(31)23-4-3-13-35-23/h3-8,13-14H,9-12,16H2,1-2H3. The van der Waals surface area contributed by atoms with Crippen molar-refractivity contribution in [2.24, 2.45) is 0 Å². The molecule has 4 heterocycles. The first-order chi connectivity index (χ1) is 17.0. The summed E-state index contributed by atoms with van der Waals surface area (Å²) in [4.78, 5) is 21.4. The summed E-state index contributed by atoms with van der Waals surface area (Å²) in [7, 11) is 0. The molecule has 0 spiro atoms. The number of rotatable bonds is 6. The molecule has 1 fully saturated rings. The number of oxazole rings is 1. The molecule has 0 aliphatic carbocycles. The molecule has 3 aromatic heterocycles. The molecule has 1 aliphatic heterocycles. The highest BCUT2D eigenvalue weighted by atomic mass is 32.1. The third-order valence-corrected chi connectivity index (χ3v) is 6.75. The number of furan rings is 1. The van der Waals surface area contributed by atoms with Crippen LogP contribution in [0.3, 0.4) is 0 Å². The minimum atomic E-state index is 0.0320. The van der Waals surface area contributed by atoms with Gasteiger partial charge in [0.1, 0.15) is 24.2 Å². The average molecular weight is 489 g/mol. The number of amides is 1. The summed E-state index contributed by atoms with van der Waals surface area (Å²) < 4.78 is 17.8. The molecule has 1 aliphatic rings. The van der Waals surface area contributed by atoms with E-state index in [1.54, 1.807) is 6.07 Å². The Balaban J connectivity index is 1.26. The summed E-state index contributed by atoms with van der Waals surface area (Å²) in [6, 6.07) is 15.4. The van der Waals surface area contributed by atoms with Gasteiger partial charge in [0.05, 0.1) is 4.88 Å². The average Bonchev–Trinajstić information content (AvgIpc) is 3.65. The zero-order valence-corrected chi connectivity index (χ0v) is 20.3. The Bertz CT molecular complexity index is 1370. The molecule has 0 unspecified atom stereocenters. The van der Waals surface area contributed by atoms with Crippen molar-refractivity contribution in [3.05, 3.63) is 75.3 Å². The van der Waals surface area contributed by atoms with Crippen LogP contribution in [0.5, 0.6) is 5.75 Å². The van der Waals surface area contributed by atoms with Gasteiger partial charge in [-0.25, -0.2) is 0 Å². The Labute approximate surface area is 207 Å². The Morgan fingerprint density at radius 2 is 1.97 bits per heavy atom. The number of thiophene rings is 1. The van der Waals surface area contributed by atoms with E-state index in [1.165, 1.54) is 11.3 Å². The first-order valence-electron chi connectivity index (χ1n) is 11.3. The Morgan fingerprint density at radius 3 is 2.71 bits per heavy atom. The van der Waals surface area contributed by atoms with E-state index < -0.39 is 0 Å². The fraction of sp³-hybridized carbons (Fsp3) is 0.269. The maximum Gasteiger partial charge on any atom is 0.266 e. The van der Waals surface area contributed by atoms with Crippen LogP contribution in [-0.2, 0) is 6.61 Å². The van der Waals surface area contributed by atoms with E-state index in [0.29, 0.717) is 43.6 Å². The van der Waals surface area contributed by atoms with E-state index in [4.69, 9.17) is 13.6 Å². The molecule has 4 aromatic rings. The van der Waals surface area contributed by atoms with Gasteiger partial charge < -0.3 is 23.4 Å². The summed E-state index contributed by atoms with van der Waals surface area (Å²) in [5.41, 5.74) is 2.37. The zero-order valence-electron chi connectivity index (χ0n) is 19.5. The molecule has 1 saturated heterocycles. The molecule has 0 atom stereocenters. The fourth-order valence-corrected chi connectivity index (χ4v) is 4.65. The lowest BCUT2D eigenvalue weighted by atomic mass is 10.1. The molecule has 0 saturated carbocycles. The van der Waals surface area contributed by atoms with Gasteiger partial charge in [-0.15, -0.1) is 11.3 Å². The van der Waals surface area contributed by atoms with Gasteiger partial charge >= 0.3 is 0 Å². The topological polar surface area (TPSA) is 95.7 Å². The van der Waals surface area contributed by atoms with Crippen LogP contribution in [-0.4, -0.2) is 42.0 Å². The van der Waals surface area contributed by atoms with E-state index in [0.717, 1.165) is 21.8 Å². The lowest BCUT2D eigenvalue weighted by Gasteiger charge is -2.34. The number of aryl methyl sites for hydroxylation is 2. The second-order valence-electron chi connectivity index (χ2n) is 8.36. The normalized spacial score (nSPS) is 13.6. The molecule has 0 radical (unpaired) electrons. The first kappa shape index (κ1) is 22.7. The first-order valence-corrected chi connectivity index (χ1v) is 12.2. The highest BCUT2D eigenvalue weighted by molar-refractivity contribution is 7.12. The Kier molecular flexibility index (Phi) is 6.29. The largest absolute Gasteiger partial charge is 0.485 e. The third kappa shape index (κ3) is 4.79. The van der Waals surface area contributed by atoms with E-state index in [-0.39, 0.29) is 24.1 Å². The van der Waals surface area contributed by atoms with Crippen molar-refractivity contribution in [1.29, 1.82) is 5.26 Å². The smallest absolute Gasteiger partial charge is 0.266 e. The van der Waals surface area contributed by atoms with Crippen LogP contribution in [0.25, 0.3) is 11.7 Å². The van der Waals surface area contributed by atoms with E-state index >= 15 is 0 Å². The van der Waals surface area contributed by atoms with Crippen LogP contribution >= 0.6 is 11.3 Å². The molecule has 8 nitrogen and oxygen atoms in total. The number of piperazine rings is 1. The monoisotopic (exact) mass is 488 g/mol. The van der Waals surface area contributed by atoms with Gasteiger partial charge in [0.2, 0.25) is 11.6 Å². The lowest BCUT2D eigenvalue weighted by molar-refractivity contribution is 0.0750. The summed E-state index contributed by atoms with van der Waals surface area (Å²) >= 11 is 1.44. The van der Waals surface area contributed by atoms with Crippen LogP contribution < -0.4 is 9.64 Å². The summed E-state index contributed by atoms with van der Waals surface area (Å²) in [6.45, 7) is 6.46. The summed E-state index contributed by atoms with van der Waals surface area (Å²) in [5.74, 6) is 2.54. The van der Waals surface area contributed by atoms with Crippen molar-refractivity contribution in [2.75, 3.05) is 31.1 Å². The van der Waals surface area contributed by atoms with Crippen molar-refractivity contribution in [2.45, 2.75) is 20.5 Å². The lowest BCUT2D eigenvalue weighted by Crippen LogP contribution is -2.48. The number of benzene rings is 1. The van der Waals surface area contributed by atoms with Crippen LogP contribution in [0, 0.1) is 25.2 Å². The van der Waals surface area contributed by atoms with Crippen LogP contribution in [0.4, 0.5) is 5.88 Å². The van der Waals surface area contributed by atoms with Gasteiger partial charge in [-0.2, -0.15) is 10.2 Å². The maximum atomic E-state index is 12.6. The molecule has 178 valence electrons. The summed E-state index contributed by atoms with van der Waals surface area (Å²) in [5, 5.41) is 11.5. The van der Waals surface area contributed by atoms with Crippen molar-refractivity contribution < 1.29 is 18.4 Å². The number of carbonyl (C=O) groups is 1. The van der Waals surface area contributed by atoms with Gasteiger partial charge in [-0.1, -0.05) is 18.2 Å². The highest BCUT2D eigenvalue weighted by Gasteiger charge is 2.28. The Hall–Kier alpha value is -4.03. The number of anilines is 1. The van der Waals surface area contributed by atoms with Crippen molar-refractivity contribution in [1.82, 2.24) is 9.88 Å². The number of carbonyl (C=O) groups excluding carboxylic acids is 1. The molecule has 9 heteroatoms. The minimum Gasteiger partial charge on any atom is -0.485 e. The second kappa shape index (κ2) is 9.68. The molecule has 35 heavy (non-hydrogen) atoms. The van der Waals surface area contributed by atoms with Crippen LogP contribution in [0.1, 0.15) is 32.3 Å². The molecule has 0 N–H and O–H groups in total. The van der Waals surface area contributed by atoms with Gasteiger partial charge in [0.25, 0.3) is 11.8 Å². The van der Waals surface area contributed by atoms with Crippen LogP contribution in [0.15, 0.2) is 56.7 Å². The quantitative estimate of drug-likeness (QED) is 0.376. The van der Waals surface area contributed by atoms with E-state index in [1.807, 2.05) is 65.4 Å².